The molecule has 0 bridgehead atoms. The minimum Gasteiger partial charge on any atom is -0.449 e. The Balaban J connectivity index is 1.80. The minimum absolute atomic E-state index is 0.139. The molecule has 1 amide bonds. The van der Waals surface area contributed by atoms with Crippen molar-refractivity contribution in [3.8, 4) is 0 Å². The van der Waals surface area contributed by atoms with Gasteiger partial charge in [-0.15, -0.1) is 0 Å². The second kappa shape index (κ2) is 5.78. The number of hydrogen-bond donors (Lipinski definition) is 2. The summed E-state index contributed by atoms with van der Waals surface area (Å²) in [7, 11) is 2.06. The van der Waals surface area contributed by atoms with Gasteiger partial charge in [0.25, 0.3) is 5.91 Å². The lowest BCUT2D eigenvalue weighted by molar-refractivity contribution is 0.0938. The third kappa shape index (κ3) is 2.76. The van der Waals surface area contributed by atoms with E-state index in [9.17, 15) is 4.79 Å². The maximum Gasteiger partial charge on any atom is 0.293 e. The summed E-state index contributed by atoms with van der Waals surface area (Å²) in [6, 6.07) is 5.47. The number of carbonyl (C=O) groups excluding carboxylic acids is 1. The lowest BCUT2D eigenvalue weighted by Gasteiger charge is -2.14. The fourth-order valence-corrected chi connectivity index (χ4v) is 3.14. The number of halogens is 1. The molecule has 3 rings (SSSR count). The van der Waals surface area contributed by atoms with E-state index in [2.05, 4.69) is 39.8 Å². The van der Waals surface area contributed by atoms with Crippen LogP contribution in [0.2, 0.25) is 0 Å². The molecule has 1 fully saturated rings. The van der Waals surface area contributed by atoms with E-state index in [0.717, 1.165) is 35.1 Å². The van der Waals surface area contributed by atoms with Crippen molar-refractivity contribution in [3.05, 3.63) is 40.7 Å². The van der Waals surface area contributed by atoms with Crippen LogP contribution in [0, 0.1) is 5.92 Å². The Hall–Kier alpha value is -1.79. The standard InChI is InChI=1S/C16H18BrN3O2/c1-9(10-5-6-20(2)8-10)19-16(21)15-14(18)12-7-11(17)3-4-13(12)22-15/h3-4,7,10H,1,5-6,8,18H2,2H3,(H,19,21). The van der Waals surface area contributed by atoms with Crippen molar-refractivity contribution in [2.45, 2.75) is 6.42 Å². The van der Waals surface area contributed by atoms with Gasteiger partial charge in [0.05, 0.1) is 5.69 Å². The molecule has 1 aliphatic rings. The van der Waals surface area contributed by atoms with Crippen LogP contribution in [0.3, 0.4) is 0 Å². The molecule has 1 atom stereocenters. The van der Waals surface area contributed by atoms with Gasteiger partial charge >= 0.3 is 0 Å². The van der Waals surface area contributed by atoms with Crippen LogP contribution in [-0.4, -0.2) is 30.9 Å². The molecule has 2 aromatic rings. The predicted molar refractivity (Wildman–Crippen MR) is 90.5 cm³/mol. The van der Waals surface area contributed by atoms with Crippen LogP contribution in [0.5, 0.6) is 0 Å². The smallest absolute Gasteiger partial charge is 0.293 e. The highest BCUT2D eigenvalue weighted by molar-refractivity contribution is 9.10. The van der Waals surface area contributed by atoms with Gasteiger partial charge in [-0.25, -0.2) is 0 Å². The monoisotopic (exact) mass is 363 g/mol. The number of rotatable bonds is 3. The fourth-order valence-electron chi connectivity index (χ4n) is 2.78. The van der Waals surface area contributed by atoms with E-state index in [1.165, 1.54) is 0 Å². The van der Waals surface area contributed by atoms with E-state index in [0.29, 0.717) is 11.3 Å². The first-order valence-corrected chi connectivity index (χ1v) is 7.91. The number of fused-ring (bicyclic) bond motifs is 1. The zero-order chi connectivity index (χ0) is 15.9. The van der Waals surface area contributed by atoms with Crippen LogP contribution in [0.25, 0.3) is 11.0 Å². The number of carbonyl (C=O) groups is 1. The van der Waals surface area contributed by atoms with Gasteiger partial charge in [-0.3, -0.25) is 4.79 Å². The number of nitrogens with one attached hydrogen (secondary N) is 1. The van der Waals surface area contributed by atoms with Gasteiger partial charge in [-0.1, -0.05) is 22.5 Å². The van der Waals surface area contributed by atoms with Crippen LogP contribution in [0.4, 0.5) is 5.69 Å². The molecule has 1 saturated heterocycles. The highest BCUT2D eigenvalue weighted by atomic mass is 79.9. The van der Waals surface area contributed by atoms with Crippen molar-refractivity contribution in [1.29, 1.82) is 0 Å². The van der Waals surface area contributed by atoms with Crippen molar-refractivity contribution in [1.82, 2.24) is 10.2 Å². The molecule has 1 unspecified atom stereocenters. The Kier molecular flexibility index (Phi) is 3.97. The number of nitrogen functional groups attached to an aromatic ring is 1. The maximum atomic E-state index is 12.4. The van der Waals surface area contributed by atoms with E-state index < -0.39 is 0 Å². The number of amides is 1. The average Bonchev–Trinajstić information content (AvgIpc) is 3.04. The third-order valence-electron chi connectivity index (χ3n) is 4.05. The molecule has 3 N–H and O–H groups in total. The van der Waals surface area contributed by atoms with Gasteiger partial charge in [0.2, 0.25) is 5.76 Å². The second-order valence-electron chi connectivity index (χ2n) is 5.71. The number of hydrogen-bond acceptors (Lipinski definition) is 4. The number of furan rings is 1. The van der Waals surface area contributed by atoms with Gasteiger partial charge in [-0.05, 0) is 38.2 Å². The quantitative estimate of drug-likeness (QED) is 0.879. The molecule has 1 aliphatic heterocycles. The van der Waals surface area contributed by atoms with Crippen LogP contribution in [0.15, 0.2) is 39.4 Å². The molecule has 1 aromatic heterocycles. The molecule has 0 aliphatic carbocycles. The Bertz CT molecular complexity index is 753. The zero-order valence-corrected chi connectivity index (χ0v) is 13.9. The third-order valence-corrected chi connectivity index (χ3v) is 4.55. The van der Waals surface area contributed by atoms with Crippen molar-refractivity contribution >= 4 is 38.5 Å². The lowest BCUT2D eigenvalue weighted by atomic mass is 10.1. The summed E-state index contributed by atoms with van der Waals surface area (Å²) in [5.74, 6) is 0.0682. The SMILES string of the molecule is C=C(NC(=O)c1oc2ccc(Br)cc2c1N)C1CCN(C)C1. The molecule has 0 spiro atoms. The maximum absolute atomic E-state index is 12.4. The fraction of sp³-hybridized carbons (Fsp3) is 0.312. The second-order valence-corrected chi connectivity index (χ2v) is 6.63. The van der Waals surface area contributed by atoms with Crippen LogP contribution in [0.1, 0.15) is 17.0 Å². The van der Waals surface area contributed by atoms with Crippen molar-refractivity contribution in [3.63, 3.8) is 0 Å². The molecule has 5 nitrogen and oxygen atoms in total. The first-order chi connectivity index (χ1) is 10.5. The summed E-state index contributed by atoms with van der Waals surface area (Å²) < 4.78 is 6.48. The average molecular weight is 364 g/mol. The first kappa shape index (κ1) is 15.1. The molecule has 22 heavy (non-hydrogen) atoms. The highest BCUT2D eigenvalue weighted by Crippen LogP contribution is 2.31. The summed E-state index contributed by atoms with van der Waals surface area (Å²) in [6.07, 6.45) is 0.998. The molecule has 2 heterocycles. The number of nitrogens with two attached hydrogens (primary N) is 1. The summed E-state index contributed by atoms with van der Waals surface area (Å²) in [5.41, 5.74) is 7.71. The van der Waals surface area contributed by atoms with Gasteiger partial charge in [0, 0.05) is 28.0 Å². The Morgan fingerprint density at radius 3 is 3.00 bits per heavy atom. The highest BCUT2D eigenvalue weighted by Gasteiger charge is 2.25. The summed E-state index contributed by atoms with van der Waals surface area (Å²) >= 11 is 3.39. The molecule has 116 valence electrons. The van der Waals surface area contributed by atoms with E-state index >= 15 is 0 Å². The first-order valence-electron chi connectivity index (χ1n) is 7.12. The van der Waals surface area contributed by atoms with Crippen molar-refractivity contribution < 1.29 is 9.21 Å². The van der Waals surface area contributed by atoms with Crippen LogP contribution < -0.4 is 11.1 Å². The van der Waals surface area contributed by atoms with E-state index in [1.807, 2.05) is 12.1 Å². The largest absolute Gasteiger partial charge is 0.449 e. The number of nitrogens with zero attached hydrogens (tertiary/aromatic N) is 1. The molecule has 0 radical (unpaired) electrons. The van der Waals surface area contributed by atoms with Gasteiger partial charge in [0.1, 0.15) is 5.58 Å². The molecule has 0 saturated carbocycles. The van der Waals surface area contributed by atoms with Crippen molar-refractivity contribution in [2.75, 3.05) is 25.9 Å². The summed E-state index contributed by atoms with van der Waals surface area (Å²) in [5, 5.41) is 3.56. The molecular formula is C16H18BrN3O2. The Morgan fingerprint density at radius 2 is 2.32 bits per heavy atom. The lowest BCUT2D eigenvalue weighted by Crippen LogP contribution is -2.28. The van der Waals surface area contributed by atoms with Gasteiger partial charge in [-0.2, -0.15) is 0 Å². The Morgan fingerprint density at radius 1 is 1.55 bits per heavy atom. The van der Waals surface area contributed by atoms with E-state index in [4.69, 9.17) is 10.2 Å². The van der Waals surface area contributed by atoms with Crippen LogP contribution >= 0.6 is 15.9 Å². The zero-order valence-electron chi connectivity index (χ0n) is 12.4. The van der Waals surface area contributed by atoms with Crippen molar-refractivity contribution in [2.24, 2.45) is 5.92 Å². The minimum atomic E-state index is -0.343. The van der Waals surface area contributed by atoms with E-state index in [1.54, 1.807) is 6.07 Å². The van der Waals surface area contributed by atoms with Gasteiger partial charge in [0.15, 0.2) is 0 Å². The number of anilines is 1. The molecule has 1 aromatic carbocycles. The molecule has 6 heteroatoms. The van der Waals surface area contributed by atoms with Gasteiger partial charge < -0.3 is 20.4 Å². The Labute approximate surface area is 137 Å². The number of benzene rings is 1. The summed E-state index contributed by atoms with van der Waals surface area (Å²) in [4.78, 5) is 14.6. The topological polar surface area (TPSA) is 71.5 Å². The van der Waals surface area contributed by atoms with E-state index in [-0.39, 0.29) is 17.6 Å². The summed E-state index contributed by atoms with van der Waals surface area (Å²) in [6.45, 7) is 5.90. The molecular weight excluding hydrogens is 346 g/mol. The van der Waals surface area contributed by atoms with Crippen LogP contribution in [-0.2, 0) is 0 Å². The predicted octanol–water partition coefficient (Wildman–Crippen LogP) is 2.97. The normalized spacial score (nSPS) is 18.7. The number of likely N-dealkylation sites (tertiary alicyclic amines) is 1.